The van der Waals surface area contributed by atoms with Crippen molar-refractivity contribution in [3.63, 3.8) is 0 Å². The number of pyridine rings is 1. The summed E-state index contributed by atoms with van der Waals surface area (Å²) in [4.78, 5) is 4.35. The lowest BCUT2D eigenvalue weighted by molar-refractivity contribution is 1.02. The minimum atomic E-state index is 0.701. The van der Waals surface area contributed by atoms with E-state index in [9.17, 15) is 0 Å². The molecule has 0 radical (unpaired) electrons. The summed E-state index contributed by atoms with van der Waals surface area (Å²) in [5.74, 6) is 0. The van der Waals surface area contributed by atoms with Crippen LogP contribution in [0.5, 0.6) is 0 Å². The summed E-state index contributed by atoms with van der Waals surface area (Å²) in [5.41, 5.74) is 4.68. The average Bonchev–Trinajstić information content (AvgIpc) is 2.12. The number of nitrogens with zero attached hydrogens (tertiary/aromatic N) is 2. The molecule has 1 aromatic heterocycles. The minimum Gasteiger partial charge on any atom is -0.257 e. The molecule has 0 atom stereocenters. The lowest BCUT2D eigenvalue weighted by Gasteiger charge is -2.10. The van der Waals surface area contributed by atoms with E-state index in [1.54, 1.807) is 0 Å². The van der Waals surface area contributed by atoms with Crippen molar-refractivity contribution in [2.24, 2.45) is 0 Å². The molecular weight excluding hydrogens is 172 g/mol. The molecule has 0 amide bonds. The van der Waals surface area contributed by atoms with Crippen LogP contribution in [0.25, 0.3) is 0 Å². The number of allylic oxidation sites excluding steroid dienone is 1. The molecule has 14 heavy (non-hydrogen) atoms. The van der Waals surface area contributed by atoms with Crippen LogP contribution in [0.4, 0.5) is 0 Å². The summed E-state index contributed by atoms with van der Waals surface area (Å²) in [6, 6.07) is 2.19. The summed E-state index contributed by atoms with van der Waals surface area (Å²) >= 11 is 0. The van der Waals surface area contributed by atoms with Gasteiger partial charge < -0.3 is 0 Å². The van der Waals surface area contributed by atoms with Crippen molar-refractivity contribution in [1.29, 1.82) is 5.26 Å². The largest absolute Gasteiger partial charge is 0.257 e. The van der Waals surface area contributed by atoms with Crippen molar-refractivity contribution in [3.8, 4) is 6.07 Å². The van der Waals surface area contributed by atoms with Gasteiger partial charge in [0.05, 0.1) is 11.3 Å². The molecule has 0 bridgehead atoms. The van der Waals surface area contributed by atoms with E-state index in [0.29, 0.717) is 5.56 Å². The molecular formula is C12H14N2. The first-order valence-corrected chi connectivity index (χ1v) is 4.59. The zero-order valence-electron chi connectivity index (χ0n) is 8.89. The molecule has 0 saturated carbocycles. The molecule has 1 aromatic rings. The second-order valence-electron chi connectivity index (χ2n) is 3.37. The maximum absolute atomic E-state index is 8.97. The quantitative estimate of drug-likeness (QED) is 0.666. The van der Waals surface area contributed by atoms with Gasteiger partial charge in [0.15, 0.2) is 0 Å². The van der Waals surface area contributed by atoms with E-state index in [-0.39, 0.29) is 0 Å². The predicted molar refractivity (Wildman–Crippen MR) is 57.1 cm³/mol. The van der Waals surface area contributed by atoms with Gasteiger partial charge in [0.1, 0.15) is 6.07 Å². The van der Waals surface area contributed by atoms with Crippen LogP contribution in [0.2, 0.25) is 0 Å². The van der Waals surface area contributed by atoms with Crippen LogP contribution >= 0.6 is 0 Å². The number of nitriles is 1. The fourth-order valence-corrected chi connectivity index (χ4v) is 1.68. The topological polar surface area (TPSA) is 36.7 Å². The molecule has 2 nitrogen and oxygen atoms in total. The number of aromatic nitrogens is 1. The lowest BCUT2D eigenvalue weighted by Crippen LogP contribution is -2.02. The van der Waals surface area contributed by atoms with Crippen molar-refractivity contribution in [2.75, 3.05) is 0 Å². The molecule has 0 N–H and O–H groups in total. The van der Waals surface area contributed by atoms with Crippen molar-refractivity contribution < 1.29 is 0 Å². The highest BCUT2D eigenvalue weighted by molar-refractivity contribution is 5.46. The Balaban J connectivity index is 3.45. The van der Waals surface area contributed by atoms with Gasteiger partial charge in [-0.15, -0.1) is 6.58 Å². The Kier molecular flexibility index (Phi) is 3.03. The van der Waals surface area contributed by atoms with Crippen LogP contribution < -0.4 is 0 Å². The Morgan fingerprint density at radius 3 is 2.50 bits per heavy atom. The SMILES string of the molecule is C=CCc1c(C)nc(C)c(C#N)c1C. The molecule has 1 rings (SSSR count). The first-order valence-electron chi connectivity index (χ1n) is 4.59. The van der Waals surface area contributed by atoms with E-state index in [2.05, 4.69) is 17.6 Å². The monoisotopic (exact) mass is 186 g/mol. The van der Waals surface area contributed by atoms with E-state index >= 15 is 0 Å². The summed E-state index contributed by atoms with van der Waals surface area (Å²) in [5, 5.41) is 8.97. The Morgan fingerprint density at radius 1 is 1.36 bits per heavy atom. The average molecular weight is 186 g/mol. The number of aryl methyl sites for hydroxylation is 2. The molecule has 0 aliphatic carbocycles. The maximum Gasteiger partial charge on any atom is 0.101 e. The zero-order chi connectivity index (χ0) is 10.7. The van der Waals surface area contributed by atoms with Crippen molar-refractivity contribution in [3.05, 3.63) is 40.7 Å². The van der Waals surface area contributed by atoms with Gasteiger partial charge in [-0.05, 0) is 38.3 Å². The van der Waals surface area contributed by atoms with E-state index in [1.807, 2.05) is 26.8 Å². The second-order valence-corrected chi connectivity index (χ2v) is 3.37. The van der Waals surface area contributed by atoms with E-state index in [0.717, 1.165) is 28.9 Å². The van der Waals surface area contributed by atoms with Gasteiger partial charge in [-0.3, -0.25) is 4.98 Å². The van der Waals surface area contributed by atoms with Gasteiger partial charge in [0.2, 0.25) is 0 Å². The highest BCUT2D eigenvalue weighted by Crippen LogP contribution is 2.19. The molecule has 0 aliphatic heterocycles. The van der Waals surface area contributed by atoms with Crippen LogP contribution in [0.3, 0.4) is 0 Å². The molecule has 2 heteroatoms. The van der Waals surface area contributed by atoms with Crippen LogP contribution in [0.15, 0.2) is 12.7 Å². The molecule has 0 fully saturated rings. The maximum atomic E-state index is 8.97. The third-order valence-corrected chi connectivity index (χ3v) is 2.42. The van der Waals surface area contributed by atoms with E-state index in [1.165, 1.54) is 0 Å². The minimum absolute atomic E-state index is 0.701. The summed E-state index contributed by atoms with van der Waals surface area (Å²) in [6.07, 6.45) is 2.62. The normalized spacial score (nSPS) is 9.57. The van der Waals surface area contributed by atoms with Gasteiger partial charge in [0, 0.05) is 5.69 Å². The Morgan fingerprint density at radius 2 is 2.00 bits per heavy atom. The fraction of sp³-hybridized carbons (Fsp3) is 0.333. The molecule has 0 aromatic carbocycles. The van der Waals surface area contributed by atoms with Crippen LogP contribution in [-0.2, 0) is 6.42 Å². The van der Waals surface area contributed by atoms with Crippen molar-refractivity contribution in [1.82, 2.24) is 4.98 Å². The standard InChI is InChI=1S/C12H14N2/c1-5-6-11-8(2)12(7-13)10(4)14-9(11)3/h5H,1,6H2,2-4H3. The highest BCUT2D eigenvalue weighted by atomic mass is 14.7. The highest BCUT2D eigenvalue weighted by Gasteiger charge is 2.10. The Bertz CT molecular complexity index is 411. The molecule has 72 valence electrons. The van der Waals surface area contributed by atoms with Gasteiger partial charge in [-0.1, -0.05) is 6.08 Å². The predicted octanol–water partition coefficient (Wildman–Crippen LogP) is 2.61. The van der Waals surface area contributed by atoms with Crippen LogP contribution in [0, 0.1) is 32.1 Å². The number of hydrogen-bond acceptors (Lipinski definition) is 2. The number of hydrogen-bond donors (Lipinski definition) is 0. The van der Waals surface area contributed by atoms with Gasteiger partial charge in [-0.2, -0.15) is 5.26 Å². The Labute approximate surface area is 84.9 Å². The molecule has 0 spiro atoms. The molecule has 1 heterocycles. The van der Waals surface area contributed by atoms with E-state index < -0.39 is 0 Å². The number of rotatable bonds is 2. The van der Waals surface area contributed by atoms with E-state index in [4.69, 9.17) is 5.26 Å². The molecule has 0 saturated heterocycles. The molecule has 0 aliphatic rings. The smallest absolute Gasteiger partial charge is 0.101 e. The zero-order valence-corrected chi connectivity index (χ0v) is 8.89. The Hall–Kier alpha value is -1.62. The lowest BCUT2D eigenvalue weighted by atomic mass is 9.98. The summed E-state index contributed by atoms with van der Waals surface area (Å²) in [7, 11) is 0. The molecule has 0 unspecified atom stereocenters. The van der Waals surface area contributed by atoms with Crippen LogP contribution in [-0.4, -0.2) is 4.98 Å². The van der Waals surface area contributed by atoms with Gasteiger partial charge in [-0.25, -0.2) is 0 Å². The first-order chi connectivity index (χ1) is 6.61. The van der Waals surface area contributed by atoms with Crippen molar-refractivity contribution >= 4 is 0 Å². The fourth-order valence-electron chi connectivity index (χ4n) is 1.68. The third-order valence-electron chi connectivity index (χ3n) is 2.42. The summed E-state index contributed by atoms with van der Waals surface area (Å²) < 4.78 is 0. The summed E-state index contributed by atoms with van der Waals surface area (Å²) in [6.45, 7) is 9.52. The second kappa shape index (κ2) is 4.06. The first kappa shape index (κ1) is 10.5. The van der Waals surface area contributed by atoms with Crippen LogP contribution in [0.1, 0.15) is 28.1 Å². The van der Waals surface area contributed by atoms with Gasteiger partial charge >= 0.3 is 0 Å². The third kappa shape index (κ3) is 1.67. The van der Waals surface area contributed by atoms with Crippen molar-refractivity contribution in [2.45, 2.75) is 27.2 Å². The van der Waals surface area contributed by atoms with Gasteiger partial charge in [0.25, 0.3) is 0 Å².